The topological polar surface area (TPSA) is 123 Å². The summed E-state index contributed by atoms with van der Waals surface area (Å²) < 4.78 is 5.78. The summed E-state index contributed by atoms with van der Waals surface area (Å²) in [6, 6.07) is 13.7. The highest BCUT2D eigenvalue weighted by atomic mass is 32.2. The predicted octanol–water partition coefficient (Wildman–Crippen LogP) is 5.46. The van der Waals surface area contributed by atoms with Gasteiger partial charge in [0.2, 0.25) is 5.91 Å². The molecule has 1 aromatic heterocycles. The molecular weight excluding hydrogens is 470 g/mol. The fraction of sp³-hybridized carbons (Fsp3) is 0.160. The smallest absolute Gasteiger partial charge is 0.294 e. The van der Waals surface area contributed by atoms with Gasteiger partial charge in [0, 0.05) is 29.0 Å². The van der Waals surface area contributed by atoms with Gasteiger partial charge in [0.1, 0.15) is 18.1 Å². The number of nitro benzene ring substituents is 1. The highest BCUT2D eigenvalue weighted by Crippen LogP contribution is 2.34. The molecule has 4 rings (SSSR count). The van der Waals surface area contributed by atoms with Gasteiger partial charge < -0.3 is 9.73 Å². The lowest BCUT2D eigenvalue weighted by Crippen LogP contribution is -2.36. The minimum atomic E-state index is -0.597. The molecule has 2 aromatic carbocycles. The summed E-state index contributed by atoms with van der Waals surface area (Å²) in [4.78, 5) is 49.5. The number of carbonyl (C=O) groups excluding carboxylic acids is 3. The summed E-state index contributed by atoms with van der Waals surface area (Å²) >= 11 is 0.713. The molecule has 0 saturated carbocycles. The minimum absolute atomic E-state index is 0.0111. The van der Waals surface area contributed by atoms with Crippen molar-refractivity contribution in [2.24, 2.45) is 0 Å². The van der Waals surface area contributed by atoms with Crippen LogP contribution in [-0.2, 0) is 9.59 Å². The molecule has 1 fully saturated rings. The van der Waals surface area contributed by atoms with Gasteiger partial charge in [-0.05, 0) is 67.9 Å². The molecule has 1 aliphatic rings. The number of aryl methyl sites for hydroxylation is 2. The van der Waals surface area contributed by atoms with E-state index in [0.29, 0.717) is 40.1 Å². The van der Waals surface area contributed by atoms with Gasteiger partial charge in [0.05, 0.1) is 9.83 Å². The van der Waals surface area contributed by atoms with Crippen LogP contribution in [0.1, 0.15) is 22.5 Å². The van der Waals surface area contributed by atoms with Crippen LogP contribution < -0.4 is 5.32 Å². The number of thioether (sulfide) groups is 1. The van der Waals surface area contributed by atoms with Crippen LogP contribution in [-0.4, -0.2) is 33.4 Å². The van der Waals surface area contributed by atoms with Crippen LogP contribution in [0, 0.1) is 30.9 Å². The van der Waals surface area contributed by atoms with Gasteiger partial charge in [-0.1, -0.05) is 18.2 Å². The van der Waals surface area contributed by atoms with Crippen molar-refractivity contribution in [3.63, 3.8) is 0 Å². The van der Waals surface area contributed by atoms with Gasteiger partial charge >= 0.3 is 0 Å². The molecule has 0 spiro atoms. The fourth-order valence-electron chi connectivity index (χ4n) is 3.57. The summed E-state index contributed by atoms with van der Waals surface area (Å²) in [5.41, 5.74) is 3.30. The molecule has 10 heteroatoms. The maximum absolute atomic E-state index is 12.8. The van der Waals surface area contributed by atoms with Crippen molar-refractivity contribution in [3.05, 3.63) is 86.0 Å². The first-order chi connectivity index (χ1) is 16.6. The average Bonchev–Trinajstić information content (AvgIpc) is 3.37. The van der Waals surface area contributed by atoms with E-state index in [0.717, 1.165) is 16.0 Å². The van der Waals surface area contributed by atoms with Crippen molar-refractivity contribution in [2.45, 2.75) is 20.8 Å². The SMILES string of the molecule is Cc1ccccc1NC(=O)CN1C(=O)S/C(=C/c2ccc(-c3cc(C)c(C)c([N+](=O)[O-])c3)o2)C1=O. The second-order valence-corrected chi connectivity index (χ2v) is 9.02. The molecule has 0 bridgehead atoms. The molecule has 2 heterocycles. The lowest BCUT2D eigenvalue weighted by atomic mass is 10.0. The molecule has 35 heavy (non-hydrogen) atoms. The van der Waals surface area contributed by atoms with E-state index in [1.54, 1.807) is 44.2 Å². The zero-order valence-electron chi connectivity index (χ0n) is 19.2. The molecular formula is C25H21N3O6S. The Labute approximate surface area is 204 Å². The number of rotatable bonds is 6. The van der Waals surface area contributed by atoms with E-state index < -0.39 is 28.5 Å². The molecule has 0 aliphatic carbocycles. The van der Waals surface area contributed by atoms with Crippen LogP contribution >= 0.6 is 11.8 Å². The number of nitrogens with zero attached hydrogens (tertiary/aromatic N) is 2. The normalized spacial score (nSPS) is 14.6. The number of anilines is 1. The van der Waals surface area contributed by atoms with E-state index in [2.05, 4.69) is 5.32 Å². The van der Waals surface area contributed by atoms with Crippen molar-refractivity contribution < 1.29 is 23.7 Å². The van der Waals surface area contributed by atoms with Crippen LogP contribution in [0.25, 0.3) is 17.4 Å². The Morgan fingerprint density at radius 2 is 1.86 bits per heavy atom. The molecule has 3 amide bonds. The number of furan rings is 1. The van der Waals surface area contributed by atoms with Gasteiger partial charge in [-0.3, -0.25) is 29.4 Å². The molecule has 1 aliphatic heterocycles. The molecule has 9 nitrogen and oxygen atoms in total. The van der Waals surface area contributed by atoms with Crippen LogP contribution in [0.5, 0.6) is 0 Å². The summed E-state index contributed by atoms with van der Waals surface area (Å²) in [5.74, 6) is -0.394. The third kappa shape index (κ3) is 5.02. The summed E-state index contributed by atoms with van der Waals surface area (Å²) in [6.45, 7) is 4.89. The van der Waals surface area contributed by atoms with Gasteiger partial charge in [0.15, 0.2) is 0 Å². The highest BCUT2D eigenvalue weighted by molar-refractivity contribution is 8.18. The zero-order valence-corrected chi connectivity index (χ0v) is 20.0. The summed E-state index contributed by atoms with van der Waals surface area (Å²) in [7, 11) is 0. The van der Waals surface area contributed by atoms with Crippen LogP contribution in [0.4, 0.5) is 16.2 Å². The first-order valence-electron chi connectivity index (χ1n) is 10.6. The highest BCUT2D eigenvalue weighted by Gasteiger charge is 2.36. The first kappa shape index (κ1) is 24.0. The Bertz CT molecular complexity index is 1410. The van der Waals surface area contributed by atoms with Crippen molar-refractivity contribution in [1.82, 2.24) is 4.90 Å². The molecule has 1 N–H and O–H groups in total. The number of nitro groups is 1. The molecule has 3 aromatic rings. The zero-order chi connectivity index (χ0) is 25.3. The van der Waals surface area contributed by atoms with E-state index in [1.165, 1.54) is 12.1 Å². The van der Waals surface area contributed by atoms with E-state index in [4.69, 9.17) is 4.42 Å². The monoisotopic (exact) mass is 491 g/mol. The Balaban J connectivity index is 1.50. The minimum Gasteiger partial charge on any atom is -0.457 e. The number of hydrogen-bond acceptors (Lipinski definition) is 7. The lowest BCUT2D eigenvalue weighted by molar-refractivity contribution is -0.385. The molecule has 1 saturated heterocycles. The van der Waals surface area contributed by atoms with E-state index >= 15 is 0 Å². The number of imide groups is 1. The van der Waals surface area contributed by atoms with E-state index in [-0.39, 0.29) is 10.6 Å². The van der Waals surface area contributed by atoms with Gasteiger partial charge in [-0.25, -0.2) is 0 Å². The maximum atomic E-state index is 12.8. The summed E-state index contributed by atoms with van der Waals surface area (Å²) in [5, 5.41) is 13.5. The maximum Gasteiger partial charge on any atom is 0.294 e. The predicted molar refractivity (Wildman–Crippen MR) is 133 cm³/mol. The van der Waals surface area contributed by atoms with Crippen molar-refractivity contribution in [3.8, 4) is 11.3 Å². The van der Waals surface area contributed by atoms with Crippen LogP contribution in [0.15, 0.2) is 57.9 Å². The molecule has 0 atom stereocenters. The number of nitrogens with one attached hydrogen (secondary N) is 1. The number of benzene rings is 2. The Morgan fingerprint density at radius 1 is 1.11 bits per heavy atom. The average molecular weight is 492 g/mol. The van der Waals surface area contributed by atoms with E-state index in [9.17, 15) is 24.5 Å². The van der Waals surface area contributed by atoms with Crippen molar-refractivity contribution in [1.29, 1.82) is 0 Å². The Kier molecular flexibility index (Phi) is 6.57. The molecule has 0 radical (unpaired) electrons. The number of hydrogen-bond donors (Lipinski definition) is 1. The van der Waals surface area contributed by atoms with Gasteiger partial charge in [0.25, 0.3) is 16.8 Å². The third-order valence-electron chi connectivity index (χ3n) is 5.62. The molecule has 178 valence electrons. The molecule has 0 unspecified atom stereocenters. The second kappa shape index (κ2) is 9.59. The van der Waals surface area contributed by atoms with Crippen molar-refractivity contribution in [2.75, 3.05) is 11.9 Å². The second-order valence-electron chi connectivity index (χ2n) is 8.03. The Hall–Kier alpha value is -4.18. The standard InChI is InChI=1S/C25H21N3O6S/c1-14-6-4-5-7-19(14)26-23(29)13-27-24(30)22(35-25(27)31)12-18-8-9-21(34-18)17-10-15(2)16(3)20(11-17)28(32)33/h4-12H,13H2,1-3H3,(H,26,29)/b22-12+. The van der Waals surface area contributed by atoms with Crippen LogP contribution in [0.2, 0.25) is 0 Å². The van der Waals surface area contributed by atoms with Crippen molar-refractivity contribution >= 4 is 46.3 Å². The number of carbonyl (C=O) groups is 3. The first-order valence-corrected chi connectivity index (χ1v) is 11.4. The summed E-state index contributed by atoms with van der Waals surface area (Å²) in [6.07, 6.45) is 1.42. The number of amides is 3. The van der Waals surface area contributed by atoms with Gasteiger partial charge in [-0.15, -0.1) is 0 Å². The van der Waals surface area contributed by atoms with Crippen LogP contribution in [0.3, 0.4) is 0 Å². The lowest BCUT2D eigenvalue weighted by Gasteiger charge is -2.13. The van der Waals surface area contributed by atoms with E-state index in [1.807, 2.05) is 19.1 Å². The van der Waals surface area contributed by atoms with Gasteiger partial charge in [-0.2, -0.15) is 0 Å². The Morgan fingerprint density at radius 3 is 2.57 bits per heavy atom. The quantitative estimate of drug-likeness (QED) is 0.276. The number of para-hydroxylation sites is 1. The largest absolute Gasteiger partial charge is 0.457 e. The third-order valence-corrected chi connectivity index (χ3v) is 6.52. The fourth-order valence-corrected chi connectivity index (χ4v) is 4.39.